The Morgan fingerprint density at radius 3 is 2.52 bits per heavy atom. The van der Waals surface area contributed by atoms with Gasteiger partial charge in [0.2, 0.25) is 11.8 Å². The van der Waals surface area contributed by atoms with Gasteiger partial charge in [-0.3, -0.25) is 9.59 Å². The van der Waals surface area contributed by atoms with Crippen molar-refractivity contribution in [3.63, 3.8) is 0 Å². The normalized spacial score (nSPS) is 14.6. The number of nitrogens with one attached hydrogen (secondary N) is 2. The van der Waals surface area contributed by atoms with Crippen molar-refractivity contribution < 1.29 is 24.2 Å². The Balaban J connectivity index is 1.83. The molecule has 0 spiro atoms. The number of aromatic carboxylic acids is 1. The first-order valence-electron chi connectivity index (χ1n) is 8.47. The SMILES string of the molecule is COc1cc(C(=O)O)ccc1NC(=O)CNC(=O)CC1CCCCC1. The summed E-state index contributed by atoms with van der Waals surface area (Å²) < 4.78 is 5.10. The maximum Gasteiger partial charge on any atom is 0.335 e. The number of hydrogen-bond donors (Lipinski definition) is 3. The van der Waals surface area contributed by atoms with Gasteiger partial charge in [-0.1, -0.05) is 19.3 Å². The smallest absolute Gasteiger partial charge is 0.335 e. The summed E-state index contributed by atoms with van der Waals surface area (Å²) in [4.78, 5) is 34.9. The third-order valence-corrected chi connectivity index (χ3v) is 4.37. The monoisotopic (exact) mass is 348 g/mol. The van der Waals surface area contributed by atoms with Crippen molar-refractivity contribution in [2.45, 2.75) is 38.5 Å². The molecular formula is C18H24N2O5. The van der Waals surface area contributed by atoms with E-state index < -0.39 is 11.9 Å². The number of rotatable bonds is 7. The molecule has 3 N–H and O–H groups in total. The molecule has 0 aromatic heterocycles. The molecule has 0 atom stereocenters. The number of hydrogen-bond acceptors (Lipinski definition) is 4. The van der Waals surface area contributed by atoms with E-state index >= 15 is 0 Å². The lowest BCUT2D eigenvalue weighted by atomic mass is 9.87. The molecule has 0 bridgehead atoms. The van der Waals surface area contributed by atoms with Crippen molar-refractivity contribution in [3.05, 3.63) is 23.8 Å². The van der Waals surface area contributed by atoms with Crippen molar-refractivity contribution in [1.29, 1.82) is 0 Å². The van der Waals surface area contributed by atoms with E-state index in [9.17, 15) is 14.4 Å². The van der Waals surface area contributed by atoms with E-state index in [1.807, 2.05) is 0 Å². The number of ether oxygens (including phenoxy) is 1. The summed E-state index contributed by atoms with van der Waals surface area (Å²) in [7, 11) is 1.39. The fourth-order valence-corrected chi connectivity index (χ4v) is 3.03. The second kappa shape index (κ2) is 9.05. The predicted molar refractivity (Wildman–Crippen MR) is 92.8 cm³/mol. The molecule has 7 nitrogen and oxygen atoms in total. The number of methoxy groups -OCH3 is 1. The van der Waals surface area contributed by atoms with Crippen LogP contribution in [0.2, 0.25) is 0 Å². The summed E-state index contributed by atoms with van der Waals surface area (Å²) in [5.41, 5.74) is 0.426. The van der Waals surface area contributed by atoms with Crippen LogP contribution in [-0.4, -0.2) is 36.5 Å². The van der Waals surface area contributed by atoms with Crippen LogP contribution in [0.1, 0.15) is 48.9 Å². The first-order valence-corrected chi connectivity index (χ1v) is 8.47. The lowest BCUT2D eigenvalue weighted by Gasteiger charge is -2.20. The molecule has 7 heteroatoms. The highest BCUT2D eigenvalue weighted by molar-refractivity contribution is 5.97. The highest BCUT2D eigenvalue weighted by Crippen LogP contribution is 2.26. The Bertz CT molecular complexity index is 638. The molecule has 1 fully saturated rings. The van der Waals surface area contributed by atoms with Crippen LogP contribution < -0.4 is 15.4 Å². The standard InChI is InChI=1S/C18H24N2O5/c1-25-15-10-13(18(23)24)7-8-14(15)20-17(22)11-19-16(21)9-12-5-3-2-4-6-12/h7-8,10,12H,2-6,9,11H2,1H3,(H,19,21)(H,20,22)(H,23,24). The Morgan fingerprint density at radius 1 is 1.16 bits per heavy atom. The third kappa shape index (κ3) is 5.77. The summed E-state index contributed by atoms with van der Waals surface area (Å²) >= 11 is 0. The van der Waals surface area contributed by atoms with Crippen molar-refractivity contribution in [1.82, 2.24) is 5.32 Å². The Hall–Kier alpha value is -2.57. The van der Waals surface area contributed by atoms with Crippen LogP contribution in [0.3, 0.4) is 0 Å². The van der Waals surface area contributed by atoms with E-state index in [1.165, 1.54) is 44.6 Å². The molecule has 0 aliphatic heterocycles. The van der Waals surface area contributed by atoms with Gasteiger partial charge in [-0.25, -0.2) is 4.79 Å². The van der Waals surface area contributed by atoms with Crippen LogP contribution in [0.15, 0.2) is 18.2 Å². The predicted octanol–water partition coefficient (Wildman–Crippen LogP) is 2.42. The fraction of sp³-hybridized carbons (Fsp3) is 0.500. The van der Waals surface area contributed by atoms with E-state index in [2.05, 4.69) is 10.6 Å². The molecule has 1 aliphatic carbocycles. The summed E-state index contributed by atoms with van der Waals surface area (Å²) in [5, 5.41) is 14.2. The second-order valence-electron chi connectivity index (χ2n) is 6.25. The maximum atomic E-state index is 12.0. The minimum atomic E-state index is -1.08. The van der Waals surface area contributed by atoms with E-state index in [0.29, 0.717) is 18.0 Å². The minimum absolute atomic E-state index is 0.0654. The third-order valence-electron chi connectivity index (χ3n) is 4.37. The zero-order chi connectivity index (χ0) is 18.2. The van der Waals surface area contributed by atoms with E-state index in [-0.39, 0.29) is 23.8 Å². The average Bonchev–Trinajstić information content (AvgIpc) is 2.61. The lowest BCUT2D eigenvalue weighted by Crippen LogP contribution is -2.34. The lowest BCUT2D eigenvalue weighted by molar-refractivity contribution is -0.125. The van der Waals surface area contributed by atoms with Crippen LogP contribution in [0.4, 0.5) is 5.69 Å². The number of anilines is 1. The zero-order valence-corrected chi connectivity index (χ0v) is 14.3. The Morgan fingerprint density at radius 2 is 1.88 bits per heavy atom. The van der Waals surface area contributed by atoms with Crippen LogP contribution in [0, 0.1) is 5.92 Å². The Labute approximate surface area is 146 Å². The molecule has 0 radical (unpaired) electrons. The summed E-state index contributed by atoms with van der Waals surface area (Å²) in [6.07, 6.45) is 6.20. The van der Waals surface area contributed by atoms with E-state index in [1.54, 1.807) is 0 Å². The molecule has 1 saturated carbocycles. The van der Waals surface area contributed by atoms with Crippen molar-refractivity contribution in [2.24, 2.45) is 5.92 Å². The molecule has 1 aromatic carbocycles. The van der Waals surface area contributed by atoms with Gasteiger partial charge in [0.05, 0.1) is 24.9 Å². The van der Waals surface area contributed by atoms with Gasteiger partial charge in [0.15, 0.2) is 0 Å². The number of amides is 2. The van der Waals surface area contributed by atoms with Crippen LogP contribution >= 0.6 is 0 Å². The average molecular weight is 348 g/mol. The summed E-state index contributed by atoms with van der Waals surface area (Å²) in [6, 6.07) is 4.17. The summed E-state index contributed by atoms with van der Waals surface area (Å²) in [5.74, 6) is -0.915. The van der Waals surface area contributed by atoms with Crippen LogP contribution in [0.25, 0.3) is 0 Å². The van der Waals surface area contributed by atoms with E-state index in [4.69, 9.17) is 9.84 Å². The van der Waals surface area contributed by atoms with Gasteiger partial charge in [-0.05, 0) is 37.0 Å². The Kier molecular flexibility index (Phi) is 6.80. The molecule has 0 unspecified atom stereocenters. The topological polar surface area (TPSA) is 105 Å². The first-order chi connectivity index (χ1) is 12.0. The molecule has 25 heavy (non-hydrogen) atoms. The molecule has 2 amide bonds. The highest BCUT2D eigenvalue weighted by Gasteiger charge is 2.17. The van der Waals surface area contributed by atoms with Crippen LogP contribution in [-0.2, 0) is 9.59 Å². The van der Waals surface area contributed by atoms with Gasteiger partial charge < -0.3 is 20.5 Å². The van der Waals surface area contributed by atoms with Gasteiger partial charge in [0.1, 0.15) is 5.75 Å². The number of carbonyl (C=O) groups excluding carboxylic acids is 2. The highest BCUT2D eigenvalue weighted by atomic mass is 16.5. The first kappa shape index (κ1) is 18.8. The fourth-order valence-electron chi connectivity index (χ4n) is 3.03. The molecule has 0 saturated heterocycles. The second-order valence-corrected chi connectivity index (χ2v) is 6.25. The van der Waals surface area contributed by atoms with Gasteiger partial charge in [0.25, 0.3) is 0 Å². The molecule has 0 heterocycles. The number of benzene rings is 1. The van der Waals surface area contributed by atoms with Crippen molar-refractivity contribution in [2.75, 3.05) is 19.0 Å². The van der Waals surface area contributed by atoms with Crippen LogP contribution in [0.5, 0.6) is 5.75 Å². The molecular weight excluding hydrogens is 324 g/mol. The van der Waals surface area contributed by atoms with E-state index in [0.717, 1.165) is 12.8 Å². The van der Waals surface area contributed by atoms with Gasteiger partial charge in [0, 0.05) is 6.42 Å². The maximum absolute atomic E-state index is 12.0. The van der Waals surface area contributed by atoms with Crippen molar-refractivity contribution in [3.8, 4) is 5.75 Å². The largest absolute Gasteiger partial charge is 0.495 e. The molecule has 1 aliphatic rings. The molecule has 136 valence electrons. The zero-order valence-electron chi connectivity index (χ0n) is 14.3. The number of carboxylic acid groups (broad SMARTS) is 1. The molecule has 1 aromatic rings. The summed E-state index contributed by atoms with van der Waals surface area (Å²) in [6.45, 7) is -0.130. The van der Waals surface area contributed by atoms with Crippen molar-refractivity contribution >= 4 is 23.5 Å². The van der Waals surface area contributed by atoms with Gasteiger partial charge >= 0.3 is 5.97 Å². The number of carboxylic acids is 1. The van der Waals surface area contributed by atoms with Gasteiger partial charge in [-0.2, -0.15) is 0 Å². The number of carbonyl (C=O) groups is 3. The minimum Gasteiger partial charge on any atom is -0.495 e. The van der Waals surface area contributed by atoms with Gasteiger partial charge in [-0.15, -0.1) is 0 Å². The quantitative estimate of drug-likeness (QED) is 0.702. The molecule has 2 rings (SSSR count).